The van der Waals surface area contributed by atoms with Gasteiger partial charge in [-0.05, 0) is 6.42 Å². The topological polar surface area (TPSA) is 38.3 Å². The van der Waals surface area contributed by atoms with Crippen molar-refractivity contribution in [2.24, 2.45) is 0 Å². The standard InChI is InChI=1S/C6H12INO2/c1-3-5(8-4-7)6(9)10-2/h5,8H,3-4H2,1-2H3. The third-order valence-electron chi connectivity index (χ3n) is 1.22. The predicted molar refractivity (Wildman–Crippen MR) is 48.1 cm³/mol. The van der Waals surface area contributed by atoms with Gasteiger partial charge in [-0.15, -0.1) is 0 Å². The van der Waals surface area contributed by atoms with Gasteiger partial charge in [-0.2, -0.15) is 0 Å². The molecule has 0 fully saturated rings. The molecule has 0 radical (unpaired) electrons. The van der Waals surface area contributed by atoms with Crippen LogP contribution in [0.3, 0.4) is 0 Å². The molecule has 0 aromatic rings. The highest BCUT2D eigenvalue weighted by molar-refractivity contribution is 14.1. The second-order valence-electron chi connectivity index (χ2n) is 1.82. The van der Waals surface area contributed by atoms with Gasteiger partial charge in [0.1, 0.15) is 6.04 Å². The normalized spacial score (nSPS) is 12.7. The summed E-state index contributed by atoms with van der Waals surface area (Å²) >= 11 is 2.16. The van der Waals surface area contributed by atoms with E-state index in [0.717, 1.165) is 11.0 Å². The van der Waals surface area contributed by atoms with Crippen LogP contribution in [0.15, 0.2) is 0 Å². The summed E-state index contributed by atoms with van der Waals surface area (Å²) < 4.78 is 5.32. The Morgan fingerprint density at radius 2 is 2.40 bits per heavy atom. The number of hydrogen-bond donors (Lipinski definition) is 1. The second kappa shape index (κ2) is 5.91. The van der Waals surface area contributed by atoms with E-state index in [1.165, 1.54) is 7.11 Å². The number of hydrogen-bond acceptors (Lipinski definition) is 3. The number of methoxy groups -OCH3 is 1. The molecule has 1 unspecified atom stereocenters. The van der Waals surface area contributed by atoms with E-state index in [1.807, 2.05) is 6.92 Å². The van der Waals surface area contributed by atoms with Gasteiger partial charge in [0.25, 0.3) is 0 Å². The molecule has 0 saturated carbocycles. The molecule has 1 N–H and O–H groups in total. The second-order valence-corrected chi connectivity index (χ2v) is 2.58. The summed E-state index contributed by atoms with van der Waals surface area (Å²) in [6.45, 7) is 1.95. The Hall–Kier alpha value is 0.160. The number of nitrogens with one attached hydrogen (secondary N) is 1. The number of rotatable bonds is 4. The molecule has 0 aromatic carbocycles. The van der Waals surface area contributed by atoms with Gasteiger partial charge < -0.3 is 4.74 Å². The number of carbonyl (C=O) groups excluding carboxylic acids is 1. The molecule has 0 aliphatic carbocycles. The van der Waals surface area contributed by atoms with Crippen LogP contribution in [0.25, 0.3) is 0 Å². The maximum atomic E-state index is 10.8. The highest BCUT2D eigenvalue weighted by Gasteiger charge is 2.14. The van der Waals surface area contributed by atoms with E-state index in [1.54, 1.807) is 0 Å². The Labute approximate surface area is 74.7 Å². The summed E-state index contributed by atoms with van der Waals surface area (Å²) in [5.74, 6) is -0.181. The summed E-state index contributed by atoms with van der Waals surface area (Å²) in [5, 5.41) is 3.00. The molecular weight excluding hydrogens is 245 g/mol. The molecule has 0 aliphatic heterocycles. The van der Waals surface area contributed by atoms with Gasteiger partial charge in [-0.3, -0.25) is 10.1 Å². The van der Waals surface area contributed by atoms with Crippen LogP contribution in [0.1, 0.15) is 13.3 Å². The lowest BCUT2D eigenvalue weighted by molar-refractivity contribution is -0.143. The average Bonchev–Trinajstić information content (AvgIpc) is 1.99. The maximum Gasteiger partial charge on any atom is 0.322 e. The SMILES string of the molecule is CCC(NCI)C(=O)OC. The van der Waals surface area contributed by atoms with Crippen LogP contribution in [0.4, 0.5) is 0 Å². The molecule has 0 spiro atoms. The molecule has 0 aliphatic rings. The Morgan fingerprint density at radius 3 is 2.70 bits per heavy atom. The van der Waals surface area contributed by atoms with E-state index in [2.05, 4.69) is 32.6 Å². The molecule has 1 atom stereocenters. The number of ether oxygens (including phenoxy) is 1. The molecule has 0 amide bonds. The van der Waals surface area contributed by atoms with E-state index in [9.17, 15) is 4.79 Å². The van der Waals surface area contributed by atoms with Crippen molar-refractivity contribution < 1.29 is 9.53 Å². The van der Waals surface area contributed by atoms with Crippen LogP contribution in [0, 0.1) is 0 Å². The van der Waals surface area contributed by atoms with Gasteiger partial charge in [0, 0.05) is 4.55 Å². The molecule has 4 heteroatoms. The first-order valence-corrected chi connectivity index (χ1v) is 4.66. The third-order valence-corrected chi connectivity index (χ3v) is 1.66. The largest absolute Gasteiger partial charge is 0.468 e. The molecule has 0 saturated heterocycles. The third kappa shape index (κ3) is 3.36. The molecule has 0 rings (SSSR count). The first-order valence-electron chi connectivity index (χ1n) is 3.13. The molecule has 10 heavy (non-hydrogen) atoms. The fraction of sp³-hybridized carbons (Fsp3) is 0.833. The summed E-state index contributed by atoms with van der Waals surface area (Å²) in [7, 11) is 1.40. The maximum absolute atomic E-state index is 10.8. The zero-order valence-corrected chi connectivity index (χ0v) is 8.34. The zero-order chi connectivity index (χ0) is 7.98. The quantitative estimate of drug-likeness (QED) is 0.352. The number of halogens is 1. The van der Waals surface area contributed by atoms with Crippen LogP contribution in [0.5, 0.6) is 0 Å². The van der Waals surface area contributed by atoms with Crippen LogP contribution in [-0.4, -0.2) is 23.7 Å². The monoisotopic (exact) mass is 257 g/mol. The summed E-state index contributed by atoms with van der Waals surface area (Å²) in [4.78, 5) is 10.8. The van der Waals surface area contributed by atoms with E-state index >= 15 is 0 Å². The van der Waals surface area contributed by atoms with Crippen molar-refractivity contribution in [1.29, 1.82) is 0 Å². The minimum absolute atomic E-state index is 0.137. The smallest absolute Gasteiger partial charge is 0.322 e. The van der Waals surface area contributed by atoms with E-state index in [0.29, 0.717) is 0 Å². The molecule has 0 aromatic heterocycles. The fourth-order valence-electron chi connectivity index (χ4n) is 0.630. The fourth-order valence-corrected chi connectivity index (χ4v) is 1.16. The van der Waals surface area contributed by atoms with Crippen molar-refractivity contribution in [3.8, 4) is 0 Å². The van der Waals surface area contributed by atoms with Crippen LogP contribution in [0.2, 0.25) is 0 Å². The Bertz CT molecular complexity index is 108. The Kier molecular flexibility index (Phi) is 6.00. The van der Waals surface area contributed by atoms with Crippen LogP contribution in [-0.2, 0) is 9.53 Å². The van der Waals surface area contributed by atoms with Gasteiger partial charge in [-0.25, -0.2) is 0 Å². The minimum atomic E-state index is -0.181. The number of esters is 1. The van der Waals surface area contributed by atoms with Crippen molar-refractivity contribution in [3.63, 3.8) is 0 Å². The number of alkyl halides is 1. The molecule has 0 heterocycles. The Balaban J connectivity index is 3.68. The lowest BCUT2D eigenvalue weighted by atomic mass is 10.2. The lowest BCUT2D eigenvalue weighted by Gasteiger charge is -2.11. The first-order chi connectivity index (χ1) is 4.76. The van der Waals surface area contributed by atoms with Gasteiger partial charge >= 0.3 is 5.97 Å². The summed E-state index contributed by atoms with van der Waals surface area (Å²) in [6, 6.07) is -0.137. The van der Waals surface area contributed by atoms with Crippen molar-refractivity contribution in [1.82, 2.24) is 5.32 Å². The van der Waals surface area contributed by atoms with Crippen molar-refractivity contribution in [3.05, 3.63) is 0 Å². The highest BCUT2D eigenvalue weighted by atomic mass is 127. The summed E-state index contributed by atoms with van der Waals surface area (Å²) in [6.07, 6.45) is 0.773. The zero-order valence-electron chi connectivity index (χ0n) is 6.19. The molecule has 0 bridgehead atoms. The van der Waals surface area contributed by atoms with E-state index in [4.69, 9.17) is 0 Å². The molecule has 3 nitrogen and oxygen atoms in total. The van der Waals surface area contributed by atoms with Gasteiger partial charge in [0.15, 0.2) is 0 Å². The first kappa shape index (κ1) is 10.2. The van der Waals surface area contributed by atoms with Gasteiger partial charge in [-0.1, -0.05) is 29.5 Å². The van der Waals surface area contributed by atoms with Crippen LogP contribution >= 0.6 is 22.6 Å². The van der Waals surface area contributed by atoms with Crippen LogP contribution < -0.4 is 5.32 Å². The van der Waals surface area contributed by atoms with Gasteiger partial charge in [0.05, 0.1) is 7.11 Å². The Morgan fingerprint density at radius 1 is 1.80 bits per heavy atom. The van der Waals surface area contributed by atoms with E-state index in [-0.39, 0.29) is 12.0 Å². The molecular formula is C6H12INO2. The average molecular weight is 257 g/mol. The van der Waals surface area contributed by atoms with Crippen molar-refractivity contribution in [2.45, 2.75) is 19.4 Å². The van der Waals surface area contributed by atoms with E-state index < -0.39 is 0 Å². The summed E-state index contributed by atoms with van der Waals surface area (Å²) in [5.41, 5.74) is 0. The molecule has 60 valence electrons. The minimum Gasteiger partial charge on any atom is -0.468 e. The van der Waals surface area contributed by atoms with Gasteiger partial charge in [0.2, 0.25) is 0 Å². The predicted octanol–water partition coefficient (Wildman–Crippen LogP) is 0.920. The highest BCUT2D eigenvalue weighted by Crippen LogP contribution is 1.94. The number of carbonyl (C=O) groups is 1. The van der Waals surface area contributed by atoms with Crippen molar-refractivity contribution >= 4 is 28.6 Å². The van der Waals surface area contributed by atoms with Crippen molar-refractivity contribution in [2.75, 3.05) is 11.7 Å². The lowest BCUT2D eigenvalue weighted by Crippen LogP contribution is -2.35.